The molecule has 0 unspecified atom stereocenters. The maximum Gasteiger partial charge on any atom is 0.261 e. The van der Waals surface area contributed by atoms with E-state index in [1.54, 1.807) is 11.3 Å². The molecule has 0 spiro atoms. The summed E-state index contributed by atoms with van der Waals surface area (Å²) < 4.78 is 7.70. The lowest BCUT2D eigenvalue weighted by Gasteiger charge is -2.15. The van der Waals surface area contributed by atoms with Crippen LogP contribution in [0.3, 0.4) is 0 Å². The van der Waals surface area contributed by atoms with Gasteiger partial charge in [0.2, 0.25) is 5.82 Å². The van der Waals surface area contributed by atoms with Crippen molar-refractivity contribution < 1.29 is 4.74 Å². The minimum absolute atomic E-state index is 0. The first-order valence-electron chi connectivity index (χ1n) is 13.3. The van der Waals surface area contributed by atoms with Crippen LogP contribution >= 0.6 is 23.7 Å². The number of fused-ring (bicyclic) bond motifs is 1. The maximum absolute atomic E-state index is 13.8. The first-order chi connectivity index (χ1) is 19.7. The number of tetrazole rings is 1. The van der Waals surface area contributed by atoms with Crippen molar-refractivity contribution in [3.63, 3.8) is 0 Å². The summed E-state index contributed by atoms with van der Waals surface area (Å²) in [5.74, 6) is 1.36. The molecule has 0 radical (unpaired) electrons. The van der Waals surface area contributed by atoms with Crippen LogP contribution in [0.25, 0.3) is 33.4 Å². The van der Waals surface area contributed by atoms with Crippen LogP contribution < -0.4 is 10.3 Å². The second-order valence-corrected chi connectivity index (χ2v) is 10.5. The van der Waals surface area contributed by atoms with E-state index in [9.17, 15) is 4.79 Å². The Morgan fingerprint density at radius 3 is 2.49 bits per heavy atom. The smallest absolute Gasteiger partial charge is 0.261 e. The Bertz CT molecular complexity index is 1780. The van der Waals surface area contributed by atoms with Crippen molar-refractivity contribution in [1.29, 1.82) is 0 Å². The molecule has 0 aliphatic heterocycles. The molecule has 6 rings (SSSR count). The molecule has 3 heterocycles. The number of nitrogens with one attached hydrogen (secondary N) is 1. The second-order valence-electron chi connectivity index (χ2n) is 9.57. The van der Waals surface area contributed by atoms with Crippen LogP contribution in [0.15, 0.2) is 89.0 Å². The number of rotatable bonds is 10. The van der Waals surface area contributed by atoms with Crippen LogP contribution in [0.1, 0.15) is 36.7 Å². The highest BCUT2D eigenvalue weighted by Gasteiger charge is 2.14. The summed E-state index contributed by atoms with van der Waals surface area (Å²) in [5.41, 5.74) is 5.62. The van der Waals surface area contributed by atoms with Crippen molar-refractivity contribution >= 4 is 34.6 Å². The summed E-state index contributed by atoms with van der Waals surface area (Å²) >= 11 is 1.55. The van der Waals surface area contributed by atoms with E-state index in [1.165, 1.54) is 0 Å². The van der Waals surface area contributed by atoms with Gasteiger partial charge in [0.15, 0.2) is 5.06 Å². The van der Waals surface area contributed by atoms with Gasteiger partial charge in [0.25, 0.3) is 5.56 Å². The molecule has 0 saturated heterocycles. The van der Waals surface area contributed by atoms with Crippen LogP contribution in [0.2, 0.25) is 0 Å². The number of aromatic amines is 1. The predicted octanol–water partition coefficient (Wildman–Crippen LogP) is 6.70. The van der Waals surface area contributed by atoms with Gasteiger partial charge in [0, 0.05) is 12.0 Å². The molecule has 8 nitrogen and oxygen atoms in total. The number of nitrogens with zero attached hydrogens (tertiary/aromatic N) is 5. The molecule has 1 N–H and O–H groups in total. The summed E-state index contributed by atoms with van der Waals surface area (Å²) in [6.45, 7) is 3.00. The molecular weight excluding hydrogens is 556 g/mol. The van der Waals surface area contributed by atoms with Gasteiger partial charge in [-0.15, -0.1) is 33.9 Å². The van der Waals surface area contributed by atoms with Crippen LogP contribution in [0.5, 0.6) is 5.06 Å². The van der Waals surface area contributed by atoms with E-state index in [2.05, 4.69) is 51.8 Å². The van der Waals surface area contributed by atoms with Gasteiger partial charge in [-0.25, -0.2) is 4.98 Å². The molecular formula is C31H29ClN6O2S. The van der Waals surface area contributed by atoms with Crippen LogP contribution in [-0.4, -0.2) is 30.2 Å². The third-order valence-corrected chi connectivity index (χ3v) is 7.63. The van der Waals surface area contributed by atoms with E-state index in [1.807, 2.05) is 64.5 Å². The largest absolute Gasteiger partial charge is 0.479 e. The van der Waals surface area contributed by atoms with E-state index in [0.717, 1.165) is 63.5 Å². The number of unbranched alkanes of at least 4 members (excludes halogenated alkanes) is 1. The summed E-state index contributed by atoms with van der Waals surface area (Å²) in [7, 11) is 0. The highest BCUT2D eigenvalue weighted by molar-refractivity contribution is 7.11. The van der Waals surface area contributed by atoms with Crippen molar-refractivity contribution in [2.24, 2.45) is 0 Å². The van der Waals surface area contributed by atoms with E-state index in [4.69, 9.17) is 9.72 Å². The number of hydrogen-bond donors (Lipinski definition) is 1. The Balaban J connectivity index is 0.00000337. The van der Waals surface area contributed by atoms with Gasteiger partial charge in [-0.2, -0.15) is 5.21 Å². The van der Waals surface area contributed by atoms with Crippen molar-refractivity contribution in [3.8, 4) is 27.6 Å². The van der Waals surface area contributed by atoms with Crippen molar-refractivity contribution in [3.05, 3.63) is 112 Å². The molecule has 0 fully saturated rings. The Labute approximate surface area is 247 Å². The number of hydrogen-bond acceptors (Lipinski definition) is 7. The third-order valence-electron chi connectivity index (χ3n) is 6.85. The van der Waals surface area contributed by atoms with Gasteiger partial charge in [0.05, 0.1) is 17.4 Å². The lowest BCUT2D eigenvalue weighted by Crippen LogP contribution is -2.26. The summed E-state index contributed by atoms with van der Waals surface area (Å²) in [6, 6.07) is 26.0. The lowest BCUT2D eigenvalue weighted by molar-refractivity contribution is 0.316. The molecule has 3 aromatic heterocycles. The fraction of sp³-hybridized carbons (Fsp3) is 0.194. The fourth-order valence-corrected chi connectivity index (χ4v) is 5.35. The molecule has 208 valence electrons. The van der Waals surface area contributed by atoms with Crippen LogP contribution in [-0.2, 0) is 19.6 Å². The average Bonchev–Trinajstić information content (AvgIpc) is 3.72. The standard InChI is InChI=1S/C31H28N6O2S.ClH/c1-2-3-9-28-32-27-16-13-22(20-39-29-10-6-17-40-29)18-26(27)31(38)37(28)19-21-11-14-23(15-12-21)24-7-4-5-8-25(24)30-33-35-36-34-30;/h4-8,10-18H,2-3,9,19-20H2,1H3,(H,33,34,35,36);1H. The predicted molar refractivity (Wildman–Crippen MR) is 165 cm³/mol. The summed E-state index contributed by atoms with van der Waals surface area (Å²) in [6.07, 6.45) is 2.75. The number of aromatic nitrogens is 6. The Morgan fingerprint density at radius 2 is 1.76 bits per heavy atom. The van der Waals surface area contributed by atoms with Crippen LogP contribution in [0.4, 0.5) is 0 Å². The number of ether oxygens (including phenoxy) is 1. The first kappa shape index (κ1) is 28.2. The summed E-state index contributed by atoms with van der Waals surface area (Å²) in [4.78, 5) is 18.8. The number of benzene rings is 3. The molecule has 0 amide bonds. The number of thiophene rings is 1. The molecule has 3 aromatic carbocycles. The minimum Gasteiger partial charge on any atom is -0.479 e. The lowest BCUT2D eigenvalue weighted by atomic mass is 9.98. The quantitative estimate of drug-likeness (QED) is 0.192. The fourth-order valence-electron chi connectivity index (χ4n) is 4.77. The zero-order valence-corrected chi connectivity index (χ0v) is 24.1. The number of aryl methyl sites for hydroxylation is 1. The zero-order valence-electron chi connectivity index (χ0n) is 22.5. The van der Waals surface area contributed by atoms with E-state index < -0.39 is 0 Å². The minimum atomic E-state index is -0.0272. The Kier molecular flexibility index (Phi) is 8.86. The van der Waals surface area contributed by atoms with E-state index in [0.29, 0.717) is 24.4 Å². The second kappa shape index (κ2) is 12.9. The number of halogens is 1. The number of H-pyrrole nitrogens is 1. The molecule has 6 aromatic rings. The SMILES string of the molecule is CCCCc1nc2ccc(COc3cccs3)cc2c(=O)n1Cc1ccc(-c2ccccc2-c2nn[nH]n2)cc1.Cl. The van der Waals surface area contributed by atoms with E-state index in [-0.39, 0.29) is 18.0 Å². The molecule has 0 bridgehead atoms. The van der Waals surface area contributed by atoms with Crippen molar-refractivity contribution in [2.75, 3.05) is 0 Å². The molecule has 0 saturated carbocycles. The van der Waals surface area contributed by atoms with Gasteiger partial charge in [0.1, 0.15) is 12.4 Å². The highest BCUT2D eigenvalue weighted by Crippen LogP contribution is 2.30. The van der Waals surface area contributed by atoms with Crippen molar-refractivity contribution in [1.82, 2.24) is 30.2 Å². The zero-order chi connectivity index (χ0) is 27.3. The van der Waals surface area contributed by atoms with Gasteiger partial charge < -0.3 is 4.74 Å². The third kappa shape index (κ3) is 6.21. The molecule has 0 atom stereocenters. The van der Waals surface area contributed by atoms with Gasteiger partial charge in [-0.3, -0.25) is 9.36 Å². The Morgan fingerprint density at radius 1 is 0.951 bits per heavy atom. The van der Waals surface area contributed by atoms with Gasteiger partial charge in [-0.05, 0) is 63.5 Å². The molecule has 0 aliphatic rings. The monoisotopic (exact) mass is 584 g/mol. The van der Waals surface area contributed by atoms with Gasteiger partial charge in [-0.1, -0.05) is 67.9 Å². The first-order valence-corrected chi connectivity index (χ1v) is 14.2. The maximum atomic E-state index is 13.8. The van der Waals surface area contributed by atoms with Gasteiger partial charge >= 0.3 is 0 Å². The van der Waals surface area contributed by atoms with E-state index >= 15 is 0 Å². The molecule has 10 heteroatoms. The normalized spacial score (nSPS) is 11.0. The van der Waals surface area contributed by atoms with Crippen LogP contribution in [0, 0.1) is 0 Å². The Hall–Kier alpha value is -4.34. The molecule has 0 aliphatic carbocycles. The molecule has 41 heavy (non-hydrogen) atoms. The van der Waals surface area contributed by atoms with Crippen molar-refractivity contribution in [2.45, 2.75) is 39.3 Å². The topological polar surface area (TPSA) is 98.6 Å². The highest BCUT2D eigenvalue weighted by atomic mass is 35.5. The average molecular weight is 585 g/mol. The summed E-state index contributed by atoms with van der Waals surface area (Å²) in [5, 5.41) is 18.0.